The average Bonchev–Trinajstić information content (AvgIpc) is 3.72. The zero-order valence-corrected chi connectivity index (χ0v) is 24.7. The maximum absolute atomic E-state index is 14.7. The number of hydrogen-bond acceptors (Lipinski definition) is 7. The Bertz CT molecular complexity index is 1360. The van der Waals surface area contributed by atoms with Gasteiger partial charge in [0.2, 0.25) is 17.7 Å². The number of likely N-dealkylation sites (N-methyl/N-ethyl adjacent to an activating group) is 1. The van der Waals surface area contributed by atoms with Crippen LogP contribution in [0.15, 0.2) is 49.6 Å². The van der Waals surface area contributed by atoms with Crippen LogP contribution in [0.3, 0.4) is 0 Å². The standard InChI is InChI=1S/C31H42N6O5/c1-5-17-34(4)27(39)24-25-28(40)36(19-11-8-12-20-38)26(31(25)16-15-30(24,7-3)42-31)29(41)35(18-6-2)21-37-23-14-10-9-13-22(23)32-33-37/h5-6,9-10,13-14,24-26,38H,1-2,7-8,11-12,15-21H2,3-4H3/t24-,25+,26?,30+,31?/m1/s1. The van der Waals surface area contributed by atoms with Gasteiger partial charge in [-0.3, -0.25) is 14.4 Å². The molecule has 0 aliphatic carbocycles. The number of rotatable bonds is 14. The SMILES string of the molecule is C=CCN(C)C(=O)[C@H]1[C@H]2C(=O)N(CCCCCO)C(C(=O)N(CC=C)Cn3nnc4ccccc43)C23CC[C@]1(CC)O3. The molecular weight excluding hydrogens is 536 g/mol. The Kier molecular flexibility index (Phi) is 8.52. The third-order valence-electron chi connectivity index (χ3n) is 9.40. The number of fused-ring (bicyclic) bond motifs is 2. The second-order valence-corrected chi connectivity index (χ2v) is 11.7. The van der Waals surface area contributed by atoms with Crippen molar-refractivity contribution in [1.82, 2.24) is 29.7 Å². The van der Waals surface area contributed by atoms with Crippen LogP contribution < -0.4 is 0 Å². The number of likely N-dealkylation sites (tertiary alicyclic amines) is 1. The van der Waals surface area contributed by atoms with Gasteiger partial charge in [0.05, 0.1) is 23.0 Å². The van der Waals surface area contributed by atoms with Gasteiger partial charge in [-0.1, -0.05) is 36.4 Å². The van der Waals surface area contributed by atoms with Crippen LogP contribution in [0, 0.1) is 11.8 Å². The van der Waals surface area contributed by atoms with Crippen molar-refractivity contribution in [1.29, 1.82) is 0 Å². The number of hydrogen-bond donors (Lipinski definition) is 1. The van der Waals surface area contributed by atoms with Gasteiger partial charge < -0.3 is 24.5 Å². The third-order valence-corrected chi connectivity index (χ3v) is 9.40. The highest BCUT2D eigenvalue weighted by Crippen LogP contribution is 2.64. The van der Waals surface area contributed by atoms with E-state index in [1.165, 1.54) is 0 Å². The van der Waals surface area contributed by atoms with Crippen LogP contribution in [-0.4, -0.2) is 103 Å². The van der Waals surface area contributed by atoms with E-state index in [1.807, 2.05) is 31.2 Å². The molecule has 0 saturated carbocycles. The van der Waals surface area contributed by atoms with E-state index < -0.39 is 29.1 Å². The molecule has 226 valence electrons. The van der Waals surface area contributed by atoms with Gasteiger partial charge in [-0.15, -0.1) is 18.3 Å². The summed E-state index contributed by atoms with van der Waals surface area (Å²) in [5, 5.41) is 17.8. The molecule has 2 unspecified atom stereocenters. The van der Waals surface area contributed by atoms with Gasteiger partial charge in [-0.05, 0) is 50.7 Å². The van der Waals surface area contributed by atoms with E-state index in [9.17, 15) is 19.5 Å². The molecule has 1 spiro atoms. The monoisotopic (exact) mass is 578 g/mol. The number of aromatic nitrogens is 3. The lowest BCUT2D eigenvalue weighted by Crippen LogP contribution is -2.56. The normalized spacial score (nSPS) is 27.8. The number of nitrogens with zero attached hydrogens (tertiary/aromatic N) is 6. The molecule has 1 aromatic carbocycles. The predicted octanol–water partition coefficient (Wildman–Crippen LogP) is 2.37. The molecule has 11 heteroatoms. The number of amides is 3. The number of ether oxygens (including phenoxy) is 1. The molecule has 42 heavy (non-hydrogen) atoms. The quantitative estimate of drug-likeness (QED) is 0.270. The van der Waals surface area contributed by atoms with E-state index >= 15 is 0 Å². The number of aliphatic hydroxyl groups excluding tert-OH is 1. The van der Waals surface area contributed by atoms with Crippen molar-refractivity contribution in [3.8, 4) is 0 Å². The summed E-state index contributed by atoms with van der Waals surface area (Å²) < 4.78 is 8.57. The Morgan fingerprint density at radius 1 is 1.14 bits per heavy atom. The molecule has 0 radical (unpaired) electrons. The van der Waals surface area contributed by atoms with Gasteiger partial charge in [-0.25, -0.2) is 4.68 Å². The first-order valence-corrected chi connectivity index (χ1v) is 14.9. The summed E-state index contributed by atoms with van der Waals surface area (Å²) in [5.41, 5.74) is -0.408. The second-order valence-electron chi connectivity index (χ2n) is 11.7. The van der Waals surface area contributed by atoms with Crippen molar-refractivity contribution in [2.75, 3.05) is 33.3 Å². The van der Waals surface area contributed by atoms with E-state index in [-0.39, 0.29) is 37.5 Å². The molecule has 3 amide bonds. The van der Waals surface area contributed by atoms with E-state index in [2.05, 4.69) is 23.5 Å². The molecule has 2 aromatic rings. The molecule has 1 N–H and O–H groups in total. The fourth-order valence-electron chi connectivity index (χ4n) is 7.43. The Balaban J connectivity index is 1.54. The number of carbonyl (C=O) groups is 3. The summed E-state index contributed by atoms with van der Waals surface area (Å²) in [4.78, 5) is 47.8. The van der Waals surface area contributed by atoms with Crippen LogP contribution in [0.2, 0.25) is 0 Å². The van der Waals surface area contributed by atoms with E-state index in [0.717, 1.165) is 11.0 Å². The molecule has 3 saturated heterocycles. The summed E-state index contributed by atoms with van der Waals surface area (Å²) >= 11 is 0. The average molecular weight is 579 g/mol. The first-order valence-electron chi connectivity index (χ1n) is 14.9. The molecule has 5 atom stereocenters. The Hall–Kier alpha value is -3.57. The lowest BCUT2D eigenvalue weighted by atomic mass is 9.64. The van der Waals surface area contributed by atoms with Crippen molar-refractivity contribution in [3.05, 3.63) is 49.6 Å². The number of unbranched alkanes of at least 4 members (excludes halogenated alkanes) is 2. The van der Waals surface area contributed by atoms with Gasteiger partial charge in [0.1, 0.15) is 23.8 Å². The number of aliphatic hydroxyl groups is 1. The Labute approximate surface area is 246 Å². The Morgan fingerprint density at radius 3 is 2.62 bits per heavy atom. The number of carbonyl (C=O) groups excluding carboxylic acids is 3. The Morgan fingerprint density at radius 2 is 1.90 bits per heavy atom. The maximum atomic E-state index is 14.7. The van der Waals surface area contributed by atoms with E-state index in [4.69, 9.17) is 4.74 Å². The molecule has 3 aliphatic heterocycles. The molecule has 5 rings (SSSR count). The third kappa shape index (κ3) is 4.72. The van der Waals surface area contributed by atoms with Crippen LogP contribution in [0.25, 0.3) is 11.0 Å². The zero-order valence-electron chi connectivity index (χ0n) is 24.7. The minimum Gasteiger partial charge on any atom is -0.396 e. The second kappa shape index (κ2) is 12.0. The molecule has 11 nitrogen and oxygen atoms in total. The summed E-state index contributed by atoms with van der Waals surface area (Å²) in [7, 11) is 1.72. The maximum Gasteiger partial charge on any atom is 0.250 e. The van der Waals surface area contributed by atoms with E-state index in [1.54, 1.807) is 38.6 Å². The van der Waals surface area contributed by atoms with Crippen LogP contribution in [0.1, 0.15) is 45.4 Å². The van der Waals surface area contributed by atoms with Crippen molar-refractivity contribution >= 4 is 28.8 Å². The van der Waals surface area contributed by atoms with Crippen LogP contribution in [0.5, 0.6) is 0 Å². The summed E-state index contributed by atoms with van der Waals surface area (Å²) in [6, 6.07) is 6.64. The van der Waals surface area contributed by atoms with Gasteiger partial charge in [-0.2, -0.15) is 0 Å². The van der Waals surface area contributed by atoms with Crippen molar-refractivity contribution < 1.29 is 24.2 Å². The van der Waals surface area contributed by atoms with Crippen molar-refractivity contribution in [2.45, 2.75) is 69.4 Å². The number of benzene rings is 1. The van der Waals surface area contributed by atoms with Crippen LogP contribution in [0.4, 0.5) is 0 Å². The fraction of sp³-hybridized carbons (Fsp3) is 0.581. The first kappa shape index (κ1) is 29.9. The topological polar surface area (TPSA) is 121 Å². The fourth-order valence-corrected chi connectivity index (χ4v) is 7.43. The van der Waals surface area contributed by atoms with Gasteiger partial charge in [0.25, 0.3) is 0 Å². The van der Waals surface area contributed by atoms with Crippen LogP contribution >= 0.6 is 0 Å². The zero-order chi connectivity index (χ0) is 30.1. The highest BCUT2D eigenvalue weighted by Gasteiger charge is 2.78. The molecule has 1 aromatic heterocycles. The summed E-state index contributed by atoms with van der Waals surface area (Å²) in [6.45, 7) is 10.8. The minimum atomic E-state index is -1.11. The largest absolute Gasteiger partial charge is 0.396 e. The summed E-state index contributed by atoms with van der Waals surface area (Å²) in [5.74, 6) is -2.05. The van der Waals surface area contributed by atoms with Crippen molar-refractivity contribution in [2.24, 2.45) is 11.8 Å². The molecule has 3 fully saturated rings. The highest BCUT2D eigenvalue weighted by atomic mass is 16.5. The molecular formula is C31H42N6O5. The lowest BCUT2D eigenvalue weighted by Gasteiger charge is -2.36. The lowest BCUT2D eigenvalue weighted by molar-refractivity contribution is -0.155. The predicted molar refractivity (Wildman–Crippen MR) is 157 cm³/mol. The van der Waals surface area contributed by atoms with Gasteiger partial charge >= 0.3 is 0 Å². The van der Waals surface area contributed by atoms with Gasteiger partial charge in [0.15, 0.2) is 0 Å². The van der Waals surface area contributed by atoms with Crippen molar-refractivity contribution in [3.63, 3.8) is 0 Å². The molecule has 4 heterocycles. The molecule has 2 bridgehead atoms. The minimum absolute atomic E-state index is 0.0657. The smallest absolute Gasteiger partial charge is 0.250 e. The molecule has 3 aliphatic rings. The summed E-state index contributed by atoms with van der Waals surface area (Å²) in [6.07, 6.45) is 6.96. The highest BCUT2D eigenvalue weighted by molar-refractivity contribution is 5.99. The van der Waals surface area contributed by atoms with E-state index in [0.29, 0.717) is 51.6 Å². The van der Waals surface area contributed by atoms with Gasteiger partial charge in [0, 0.05) is 33.3 Å². The first-order chi connectivity index (χ1) is 20.3. The van der Waals surface area contributed by atoms with Crippen LogP contribution in [-0.2, 0) is 25.8 Å². The number of para-hydroxylation sites is 1.